The van der Waals surface area contributed by atoms with Crippen LogP contribution >= 0.6 is 11.8 Å². The molecule has 21 heavy (non-hydrogen) atoms. The number of ether oxygens (including phenoxy) is 1. The normalized spacial score (nSPS) is 15.4. The van der Waals surface area contributed by atoms with E-state index < -0.39 is 0 Å². The van der Waals surface area contributed by atoms with Gasteiger partial charge in [-0.2, -0.15) is 0 Å². The predicted molar refractivity (Wildman–Crippen MR) is 86.5 cm³/mol. The van der Waals surface area contributed by atoms with E-state index in [9.17, 15) is 4.79 Å². The Morgan fingerprint density at radius 1 is 1.10 bits per heavy atom. The van der Waals surface area contributed by atoms with Gasteiger partial charge in [0, 0.05) is 22.4 Å². The third-order valence-corrected chi connectivity index (χ3v) is 4.42. The number of fused-ring (bicyclic) bond motifs is 1. The summed E-state index contributed by atoms with van der Waals surface area (Å²) in [6.45, 7) is 4.13. The van der Waals surface area contributed by atoms with Crippen LogP contribution < -0.4 is 4.74 Å². The Kier molecular flexibility index (Phi) is 3.54. The summed E-state index contributed by atoms with van der Waals surface area (Å²) in [5.41, 5.74) is 2.40. The highest BCUT2D eigenvalue weighted by molar-refractivity contribution is 7.98. The van der Waals surface area contributed by atoms with Gasteiger partial charge in [-0.15, -0.1) is 11.8 Å². The minimum Gasteiger partial charge on any atom is -0.487 e. The average molecular weight is 298 g/mol. The average Bonchev–Trinajstić information content (AvgIpc) is 2.79. The first-order valence-electron chi connectivity index (χ1n) is 6.99. The van der Waals surface area contributed by atoms with E-state index in [1.54, 1.807) is 11.8 Å². The van der Waals surface area contributed by atoms with Gasteiger partial charge in [0.05, 0.1) is 0 Å². The van der Waals surface area contributed by atoms with Gasteiger partial charge in [0.15, 0.2) is 5.78 Å². The monoisotopic (exact) mass is 298 g/mol. The van der Waals surface area contributed by atoms with Crippen LogP contribution in [0.15, 0.2) is 47.4 Å². The molecule has 1 aliphatic rings. The molecule has 0 aromatic heterocycles. The zero-order valence-electron chi connectivity index (χ0n) is 12.5. The van der Waals surface area contributed by atoms with E-state index in [0.717, 1.165) is 33.8 Å². The van der Waals surface area contributed by atoms with Crippen LogP contribution in [0.2, 0.25) is 0 Å². The number of carbonyl (C=O) groups is 1. The van der Waals surface area contributed by atoms with Crippen molar-refractivity contribution in [2.24, 2.45) is 0 Å². The van der Waals surface area contributed by atoms with Crippen LogP contribution in [0.4, 0.5) is 0 Å². The van der Waals surface area contributed by atoms with Crippen molar-refractivity contribution in [2.45, 2.75) is 30.8 Å². The van der Waals surface area contributed by atoms with Gasteiger partial charge in [-0.1, -0.05) is 0 Å². The molecule has 0 fully saturated rings. The Hall–Kier alpha value is -1.74. The molecule has 0 N–H and O–H groups in total. The summed E-state index contributed by atoms with van der Waals surface area (Å²) in [6, 6.07) is 13.5. The summed E-state index contributed by atoms with van der Waals surface area (Å²) in [6.07, 6.45) is 2.87. The first-order valence-corrected chi connectivity index (χ1v) is 8.22. The first kappa shape index (κ1) is 14.2. The zero-order chi connectivity index (χ0) is 15.0. The van der Waals surface area contributed by atoms with Crippen molar-refractivity contribution in [3.8, 4) is 5.75 Å². The van der Waals surface area contributed by atoms with Crippen LogP contribution in [0.25, 0.3) is 0 Å². The Balaban J connectivity index is 1.89. The molecule has 0 amide bonds. The largest absolute Gasteiger partial charge is 0.487 e. The van der Waals surface area contributed by atoms with Gasteiger partial charge in [0.1, 0.15) is 11.4 Å². The summed E-state index contributed by atoms with van der Waals surface area (Å²) >= 11 is 1.67. The molecule has 0 bridgehead atoms. The van der Waals surface area contributed by atoms with Gasteiger partial charge in [-0.25, -0.2) is 0 Å². The number of rotatable bonds is 3. The molecule has 3 rings (SSSR count). The number of thioether (sulfide) groups is 1. The van der Waals surface area contributed by atoms with E-state index in [2.05, 4.69) is 13.8 Å². The molecule has 0 aliphatic carbocycles. The highest BCUT2D eigenvalue weighted by Crippen LogP contribution is 2.35. The van der Waals surface area contributed by atoms with E-state index in [1.807, 2.05) is 48.7 Å². The minimum absolute atomic E-state index is 0.0650. The lowest BCUT2D eigenvalue weighted by Gasteiger charge is -2.16. The lowest BCUT2D eigenvalue weighted by atomic mass is 9.97. The molecule has 108 valence electrons. The molecular formula is C18H18O2S. The van der Waals surface area contributed by atoms with Gasteiger partial charge >= 0.3 is 0 Å². The van der Waals surface area contributed by atoms with Gasteiger partial charge in [-0.3, -0.25) is 4.79 Å². The standard InChI is InChI=1S/C18H18O2S/c1-18(2)11-14-10-13(6-9-16(14)20-18)17(19)12-4-7-15(21-3)8-5-12/h4-10H,11H2,1-3H3. The third-order valence-electron chi connectivity index (χ3n) is 3.68. The smallest absolute Gasteiger partial charge is 0.193 e. The van der Waals surface area contributed by atoms with Crippen molar-refractivity contribution in [3.05, 3.63) is 59.2 Å². The summed E-state index contributed by atoms with van der Waals surface area (Å²) in [5.74, 6) is 0.962. The Morgan fingerprint density at radius 3 is 2.43 bits per heavy atom. The molecular weight excluding hydrogens is 280 g/mol. The van der Waals surface area contributed by atoms with Crippen LogP contribution in [0.1, 0.15) is 35.3 Å². The molecule has 1 heterocycles. The van der Waals surface area contributed by atoms with Crippen molar-refractivity contribution < 1.29 is 9.53 Å². The van der Waals surface area contributed by atoms with E-state index in [1.165, 1.54) is 0 Å². The molecule has 2 aromatic rings. The van der Waals surface area contributed by atoms with E-state index in [0.29, 0.717) is 0 Å². The van der Waals surface area contributed by atoms with Crippen LogP contribution in [0.3, 0.4) is 0 Å². The number of benzene rings is 2. The number of hydrogen-bond donors (Lipinski definition) is 0. The molecule has 0 atom stereocenters. The van der Waals surface area contributed by atoms with Crippen molar-refractivity contribution >= 4 is 17.5 Å². The van der Waals surface area contributed by atoms with Crippen molar-refractivity contribution in [3.63, 3.8) is 0 Å². The second kappa shape index (κ2) is 5.23. The van der Waals surface area contributed by atoms with Gasteiger partial charge in [0.2, 0.25) is 0 Å². The lowest BCUT2D eigenvalue weighted by molar-refractivity contribution is 0.103. The first-order chi connectivity index (χ1) is 9.98. The summed E-state index contributed by atoms with van der Waals surface area (Å²) in [7, 11) is 0. The summed E-state index contributed by atoms with van der Waals surface area (Å²) in [5, 5.41) is 0. The third kappa shape index (κ3) is 2.84. The van der Waals surface area contributed by atoms with Crippen LogP contribution in [0.5, 0.6) is 5.75 Å². The molecule has 0 saturated carbocycles. The molecule has 2 nitrogen and oxygen atoms in total. The fourth-order valence-electron chi connectivity index (χ4n) is 2.66. The Labute approximate surface area is 129 Å². The van der Waals surface area contributed by atoms with E-state index in [4.69, 9.17) is 4.74 Å². The van der Waals surface area contributed by atoms with Gasteiger partial charge in [-0.05, 0) is 68.1 Å². The maximum absolute atomic E-state index is 12.6. The molecule has 0 saturated heterocycles. The minimum atomic E-state index is -0.177. The van der Waals surface area contributed by atoms with Gasteiger partial charge in [0.25, 0.3) is 0 Å². The fourth-order valence-corrected chi connectivity index (χ4v) is 3.07. The molecule has 0 radical (unpaired) electrons. The topological polar surface area (TPSA) is 26.3 Å². The number of hydrogen-bond acceptors (Lipinski definition) is 3. The van der Waals surface area contributed by atoms with Crippen molar-refractivity contribution in [2.75, 3.05) is 6.26 Å². The second-order valence-corrected chi connectivity index (χ2v) is 6.80. The van der Waals surface area contributed by atoms with Gasteiger partial charge < -0.3 is 4.74 Å². The molecule has 0 spiro atoms. The molecule has 3 heteroatoms. The van der Waals surface area contributed by atoms with Crippen LogP contribution in [-0.4, -0.2) is 17.6 Å². The fraction of sp³-hybridized carbons (Fsp3) is 0.278. The highest BCUT2D eigenvalue weighted by Gasteiger charge is 2.30. The molecule has 2 aromatic carbocycles. The summed E-state index contributed by atoms with van der Waals surface area (Å²) in [4.78, 5) is 13.7. The molecule has 1 aliphatic heterocycles. The van der Waals surface area contributed by atoms with Crippen LogP contribution in [-0.2, 0) is 6.42 Å². The maximum atomic E-state index is 12.6. The second-order valence-electron chi connectivity index (χ2n) is 5.92. The zero-order valence-corrected chi connectivity index (χ0v) is 13.3. The van der Waals surface area contributed by atoms with Crippen molar-refractivity contribution in [1.29, 1.82) is 0 Å². The Bertz CT molecular complexity index is 687. The maximum Gasteiger partial charge on any atom is 0.193 e. The quantitative estimate of drug-likeness (QED) is 0.622. The SMILES string of the molecule is CSc1ccc(C(=O)c2ccc3c(c2)CC(C)(C)O3)cc1. The van der Waals surface area contributed by atoms with Crippen LogP contribution in [0, 0.1) is 0 Å². The number of ketones is 1. The lowest BCUT2D eigenvalue weighted by Crippen LogP contribution is -2.24. The Morgan fingerprint density at radius 2 is 1.76 bits per heavy atom. The molecule has 0 unspecified atom stereocenters. The highest BCUT2D eigenvalue weighted by atomic mass is 32.2. The predicted octanol–water partition coefficient (Wildman–Crippen LogP) is 4.35. The number of carbonyl (C=O) groups excluding carboxylic acids is 1. The summed E-state index contributed by atoms with van der Waals surface area (Å²) < 4.78 is 5.85. The van der Waals surface area contributed by atoms with Crippen molar-refractivity contribution in [1.82, 2.24) is 0 Å². The van der Waals surface area contributed by atoms with E-state index >= 15 is 0 Å². The van der Waals surface area contributed by atoms with E-state index in [-0.39, 0.29) is 11.4 Å².